The molecule has 6 rings (SSSR count). The Morgan fingerprint density at radius 2 is 0.881 bits per heavy atom. The average molecular weight is 559 g/mol. The first-order chi connectivity index (χ1) is 20.2. The average Bonchev–Trinajstić information content (AvgIpc) is 3.39. The molecule has 0 bridgehead atoms. The second-order valence-corrected chi connectivity index (χ2v) is 10.7. The number of imide groups is 2. The van der Waals surface area contributed by atoms with E-state index in [2.05, 4.69) is 0 Å². The minimum absolute atomic E-state index is 0.279. The van der Waals surface area contributed by atoms with E-state index < -0.39 is 23.6 Å². The molecular formula is C34H30N4O4. The number of nitrogen functional groups attached to an aromatic ring is 2. The van der Waals surface area contributed by atoms with Crippen LogP contribution in [-0.2, 0) is 12.8 Å². The summed E-state index contributed by atoms with van der Waals surface area (Å²) in [6, 6.07) is 20.5. The lowest BCUT2D eigenvalue weighted by Crippen LogP contribution is -2.29. The van der Waals surface area contributed by atoms with Crippen molar-refractivity contribution in [3.05, 3.63) is 106 Å². The molecule has 0 fully saturated rings. The summed E-state index contributed by atoms with van der Waals surface area (Å²) in [6.45, 7) is 4.08. The van der Waals surface area contributed by atoms with Crippen LogP contribution in [0.15, 0.2) is 72.8 Å². The largest absolute Gasteiger partial charge is 0.399 e. The Kier molecular flexibility index (Phi) is 6.61. The number of carbonyl (C=O) groups is 4. The van der Waals surface area contributed by atoms with Crippen molar-refractivity contribution >= 4 is 46.4 Å². The maximum absolute atomic E-state index is 13.5. The van der Waals surface area contributed by atoms with Gasteiger partial charge in [0.1, 0.15) is 0 Å². The lowest BCUT2D eigenvalue weighted by atomic mass is 9.97. The van der Waals surface area contributed by atoms with Crippen molar-refractivity contribution in [3.63, 3.8) is 0 Å². The fourth-order valence-corrected chi connectivity index (χ4v) is 5.74. The molecule has 4 aromatic rings. The monoisotopic (exact) mass is 558 g/mol. The van der Waals surface area contributed by atoms with Gasteiger partial charge in [-0.05, 0) is 95.8 Å². The predicted molar refractivity (Wildman–Crippen MR) is 164 cm³/mol. The van der Waals surface area contributed by atoms with Gasteiger partial charge in [0, 0.05) is 11.4 Å². The molecule has 210 valence electrons. The number of carbonyl (C=O) groups excluding carboxylic acids is 4. The van der Waals surface area contributed by atoms with Crippen molar-refractivity contribution in [2.45, 2.75) is 39.5 Å². The van der Waals surface area contributed by atoms with Crippen LogP contribution in [0, 0.1) is 0 Å². The lowest BCUT2D eigenvalue weighted by Gasteiger charge is -2.16. The molecule has 0 saturated carbocycles. The van der Waals surface area contributed by atoms with E-state index in [0.29, 0.717) is 45.0 Å². The first-order valence-electron chi connectivity index (χ1n) is 14.1. The summed E-state index contributed by atoms with van der Waals surface area (Å²) in [7, 11) is 0. The SMILES string of the molecule is CCCc1cc(N2C(=O)c3ccc(-c4ccc5c(c4)C(=O)N(c4ccc(N)c(CCC)c4)C5=O)cc3C2=O)ccc1N. The van der Waals surface area contributed by atoms with Crippen LogP contribution in [0.25, 0.3) is 11.1 Å². The standard InChI is InChI=1S/C34H30N4O4/c1-3-5-21-15-23(9-13-29(21)35)37-31(39)25-11-7-19(17-27(25)33(37)41)20-8-12-26-28(18-20)34(42)38(32(26)40)24-10-14-30(36)22(16-24)6-4-2/h7-18H,3-6,35-36H2,1-2H3. The number of rotatable bonds is 7. The maximum Gasteiger partial charge on any atom is 0.266 e. The van der Waals surface area contributed by atoms with E-state index in [-0.39, 0.29) is 11.1 Å². The van der Waals surface area contributed by atoms with Gasteiger partial charge in [-0.25, -0.2) is 9.80 Å². The van der Waals surface area contributed by atoms with Crippen molar-refractivity contribution in [1.82, 2.24) is 0 Å². The van der Waals surface area contributed by atoms with Crippen molar-refractivity contribution in [3.8, 4) is 11.1 Å². The minimum Gasteiger partial charge on any atom is -0.399 e. The van der Waals surface area contributed by atoms with Crippen molar-refractivity contribution < 1.29 is 19.2 Å². The van der Waals surface area contributed by atoms with E-state index in [1.807, 2.05) is 13.8 Å². The molecule has 4 aromatic carbocycles. The Morgan fingerprint density at radius 1 is 0.500 bits per heavy atom. The molecule has 4 amide bonds. The normalized spacial score (nSPS) is 14.1. The number of hydrogen-bond donors (Lipinski definition) is 2. The van der Waals surface area contributed by atoms with Crippen LogP contribution in [-0.4, -0.2) is 23.6 Å². The zero-order valence-corrected chi connectivity index (χ0v) is 23.4. The van der Waals surface area contributed by atoms with E-state index in [0.717, 1.165) is 36.8 Å². The number of hydrogen-bond acceptors (Lipinski definition) is 6. The maximum atomic E-state index is 13.5. The molecule has 0 atom stereocenters. The minimum atomic E-state index is -0.422. The Balaban J connectivity index is 1.32. The molecule has 0 aliphatic carbocycles. The Morgan fingerprint density at radius 3 is 1.26 bits per heavy atom. The third-order valence-corrected chi connectivity index (χ3v) is 7.91. The molecule has 2 aliphatic rings. The number of fused-ring (bicyclic) bond motifs is 2. The Hall–Kier alpha value is -5.24. The second kappa shape index (κ2) is 10.3. The molecule has 0 saturated heterocycles. The van der Waals surface area contributed by atoms with Crippen LogP contribution in [0.1, 0.15) is 79.2 Å². The number of aryl methyl sites for hydroxylation is 2. The summed E-state index contributed by atoms with van der Waals surface area (Å²) >= 11 is 0. The highest BCUT2D eigenvalue weighted by atomic mass is 16.2. The topological polar surface area (TPSA) is 127 Å². The van der Waals surface area contributed by atoms with E-state index in [1.54, 1.807) is 72.8 Å². The fourth-order valence-electron chi connectivity index (χ4n) is 5.74. The smallest absolute Gasteiger partial charge is 0.266 e. The molecule has 2 heterocycles. The van der Waals surface area contributed by atoms with Gasteiger partial charge in [0.25, 0.3) is 23.6 Å². The van der Waals surface area contributed by atoms with E-state index in [1.165, 1.54) is 9.80 Å². The summed E-state index contributed by atoms with van der Waals surface area (Å²) in [5.41, 5.74) is 18.7. The van der Waals surface area contributed by atoms with Crippen molar-refractivity contribution in [1.29, 1.82) is 0 Å². The molecule has 2 aliphatic heterocycles. The van der Waals surface area contributed by atoms with Crippen LogP contribution < -0.4 is 21.3 Å². The summed E-state index contributed by atoms with van der Waals surface area (Å²) in [4.78, 5) is 55.9. The van der Waals surface area contributed by atoms with Gasteiger partial charge < -0.3 is 11.5 Å². The molecule has 4 N–H and O–H groups in total. The Bertz CT molecular complexity index is 1690. The van der Waals surface area contributed by atoms with Gasteiger partial charge in [0.2, 0.25) is 0 Å². The molecule has 8 heteroatoms. The zero-order valence-electron chi connectivity index (χ0n) is 23.4. The van der Waals surface area contributed by atoms with E-state index in [4.69, 9.17) is 11.5 Å². The van der Waals surface area contributed by atoms with Crippen LogP contribution in [0.2, 0.25) is 0 Å². The molecule has 0 aromatic heterocycles. The van der Waals surface area contributed by atoms with Crippen LogP contribution >= 0.6 is 0 Å². The third kappa shape index (κ3) is 4.23. The zero-order chi connectivity index (χ0) is 29.7. The van der Waals surface area contributed by atoms with Gasteiger partial charge >= 0.3 is 0 Å². The number of amides is 4. The van der Waals surface area contributed by atoms with Crippen LogP contribution in [0.3, 0.4) is 0 Å². The summed E-state index contributed by atoms with van der Waals surface area (Å²) in [5.74, 6) is -1.64. The van der Waals surface area contributed by atoms with Gasteiger partial charge in [-0.3, -0.25) is 19.2 Å². The predicted octanol–water partition coefficient (Wildman–Crippen LogP) is 6.02. The van der Waals surface area contributed by atoms with E-state index in [9.17, 15) is 19.2 Å². The fraction of sp³-hybridized carbons (Fsp3) is 0.176. The summed E-state index contributed by atoms with van der Waals surface area (Å²) < 4.78 is 0. The second-order valence-electron chi connectivity index (χ2n) is 10.7. The molecule has 0 spiro atoms. The molecular weight excluding hydrogens is 528 g/mol. The van der Waals surface area contributed by atoms with Gasteiger partial charge in [0.05, 0.1) is 33.6 Å². The lowest BCUT2D eigenvalue weighted by molar-refractivity contribution is 0.0910. The van der Waals surface area contributed by atoms with E-state index >= 15 is 0 Å². The van der Waals surface area contributed by atoms with Gasteiger partial charge in [-0.1, -0.05) is 38.8 Å². The quantitative estimate of drug-likeness (QED) is 0.211. The van der Waals surface area contributed by atoms with Crippen LogP contribution in [0.4, 0.5) is 22.7 Å². The first-order valence-corrected chi connectivity index (χ1v) is 14.1. The molecule has 42 heavy (non-hydrogen) atoms. The highest BCUT2D eigenvalue weighted by molar-refractivity contribution is 6.35. The van der Waals surface area contributed by atoms with Crippen LogP contribution in [0.5, 0.6) is 0 Å². The Labute approximate surface area is 243 Å². The highest BCUT2D eigenvalue weighted by Gasteiger charge is 2.39. The summed E-state index contributed by atoms with van der Waals surface area (Å²) in [6.07, 6.45) is 3.24. The highest BCUT2D eigenvalue weighted by Crippen LogP contribution is 2.36. The molecule has 8 nitrogen and oxygen atoms in total. The van der Waals surface area contributed by atoms with Gasteiger partial charge in [-0.15, -0.1) is 0 Å². The number of nitrogens with two attached hydrogens (primary N) is 2. The third-order valence-electron chi connectivity index (χ3n) is 7.91. The number of benzene rings is 4. The van der Waals surface area contributed by atoms with Crippen molar-refractivity contribution in [2.75, 3.05) is 21.3 Å². The number of anilines is 4. The first kappa shape index (κ1) is 27.0. The summed E-state index contributed by atoms with van der Waals surface area (Å²) in [5, 5.41) is 0. The number of nitrogens with zero attached hydrogens (tertiary/aromatic N) is 2. The molecule has 0 radical (unpaired) electrons. The van der Waals surface area contributed by atoms with Gasteiger partial charge in [0.15, 0.2) is 0 Å². The molecule has 0 unspecified atom stereocenters. The van der Waals surface area contributed by atoms with Crippen molar-refractivity contribution in [2.24, 2.45) is 0 Å². The van der Waals surface area contributed by atoms with Gasteiger partial charge in [-0.2, -0.15) is 0 Å².